The van der Waals surface area contributed by atoms with Gasteiger partial charge >= 0.3 is 5.00 Å². The van der Waals surface area contributed by atoms with Crippen molar-refractivity contribution in [3.05, 3.63) is 15.8 Å². The van der Waals surface area contributed by atoms with Gasteiger partial charge in [-0.15, -0.1) is 0 Å². The minimum Gasteiger partial charge on any atom is -0.359 e. The lowest BCUT2D eigenvalue weighted by atomic mass is 9.96. The topological polar surface area (TPSA) is 94.1 Å². The maximum Gasteiger partial charge on any atom is 0.348 e. The Balaban J connectivity index is 2.01. The predicted molar refractivity (Wildman–Crippen MR) is 81.3 cm³/mol. The molecular weight excluding hydrogens is 276 g/mol. The van der Waals surface area contributed by atoms with E-state index in [1.165, 1.54) is 30.6 Å². The predicted octanol–water partition coefficient (Wildman–Crippen LogP) is 3.08. The molecular formula is C13H22N4O2S. The van der Waals surface area contributed by atoms with Crippen molar-refractivity contribution in [2.75, 3.05) is 11.9 Å². The first-order valence-corrected chi connectivity index (χ1v) is 8.13. The quantitative estimate of drug-likeness (QED) is 0.458. The summed E-state index contributed by atoms with van der Waals surface area (Å²) in [7, 11) is 0. The lowest BCUT2D eigenvalue weighted by Crippen LogP contribution is -2.22. The zero-order valence-corrected chi connectivity index (χ0v) is 12.5. The first kappa shape index (κ1) is 15.2. The number of hydrogen-bond acceptors (Lipinski definition) is 6. The van der Waals surface area contributed by atoms with Crippen molar-refractivity contribution in [2.24, 2.45) is 5.73 Å². The third kappa shape index (κ3) is 4.14. The molecule has 1 aliphatic carbocycles. The van der Waals surface area contributed by atoms with Crippen molar-refractivity contribution in [2.45, 2.75) is 57.4 Å². The summed E-state index contributed by atoms with van der Waals surface area (Å²) in [5.74, 6) is 0. The van der Waals surface area contributed by atoms with E-state index in [1.807, 2.05) is 0 Å². The van der Waals surface area contributed by atoms with Gasteiger partial charge in [0.2, 0.25) is 0 Å². The van der Waals surface area contributed by atoms with E-state index in [-0.39, 0.29) is 9.92 Å². The first-order valence-electron chi connectivity index (χ1n) is 7.31. The van der Waals surface area contributed by atoms with Gasteiger partial charge < -0.3 is 11.1 Å². The Morgan fingerprint density at radius 2 is 2.10 bits per heavy atom. The summed E-state index contributed by atoms with van der Waals surface area (Å²) in [6.07, 6.45) is 8.38. The molecule has 0 bridgehead atoms. The Bertz CT molecular complexity index is 444. The lowest BCUT2D eigenvalue weighted by Gasteiger charge is -2.22. The molecule has 1 aromatic heterocycles. The number of unbranched alkanes of at least 4 members (excludes halogenated alkanes) is 1. The van der Waals surface area contributed by atoms with Gasteiger partial charge in [0.1, 0.15) is 5.69 Å². The number of thiazole rings is 1. The van der Waals surface area contributed by atoms with Gasteiger partial charge in [-0.2, -0.15) is 0 Å². The van der Waals surface area contributed by atoms with Crippen LogP contribution >= 0.6 is 11.3 Å². The fraction of sp³-hybridized carbons (Fsp3) is 0.769. The highest BCUT2D eigenvalue weighted by atomic mass is 32.1. The van der Waals surface area contributed by atoms with E-state index in [0.717, 1.165) is 25.7 Å². The van der Waals surface area contributed by atoms with Gasteiger partial charge in [-0.3, -0.25) is 10.1 Å². The largest absolute Gasteiger partial charge is 0.359 e. The number of anilines is 1. The average Bonchev–Trinajstić information content (AvgIpc) is 2.83. The van der Waals surface area contributed by atoms with E-state index < -0.39 is 0 Å². The Morgan fingerprint density at radius 3 is 2.75 bits per heavy atom. The number of hydrogen-bond donors (Lipinski definition) is 2. The number of nitrogens with zero attached hydrogens (tertiary/aromatic N) is 2. The second kappa shape index (κ2) is 7.54. The van der Waals surface area contributed by atoms with E-state index in [2.05, 4.69) is 10.3 Å². The van der Waals surface area contributed by atoms with Crippen molar-refractivity contribution >= 4 is 21.5 Å². The van der Waals surface area contributed by atoms with Crippen LogP contribution in [0, 0.1) is 10.1 Å². The molecule has 2 rings (SSSR count). The van der Waals surface area contributed by atoms with E-state index in [1.54, 1.807) is 0 Å². The summed E-state index contributed by atoms with van der Waals surface area (Å²) < 4.78 is 0. The van der Waals surface area contributed by atoms with Gasteiger partial charge in [0, 0.05) is 6.04 Å². The standard InChI is InChI=1S/C13H22N4O2S/c14-9-5-4-8-11-12(17(18)19)20-13(16-11)15-10-6-2-1-3-7-10/h10H,1-9,14H2,(H,15,16). The molecule has 0 spiro atoms. The number of nitro groups is 1. The van der Waals surface area contributed by atoms with Crippen molar-refractivity contribution in [1.82, 2.24) is 4.98 Å². The highest BCUT2D eigenvalue weighted by molar-refractivity contribution is 7.18. The Kier molecular flexibility index (Phi) is 5.72. The molecule has 7 heteroatoms. The maximum atomic E-state index is 11.1. The monoisotopic (exact) mass is 298 g/mol. The minimum atomic E-state index is -0.318. The van der Waals surface area contributed by atoms with Gasteiger partial charge in [0.05, 0.1) is 4.92 Å². The summed E-state index contributed by atoms with van der Waals surface area (Å²) in [4.78, 5) is 15.2. The zero-order chi connectivity index (χ0) is 14.4. The number of aromatic nitrogens is 1. The van der Waals surface area contributed by atoms with Gasteiger partial charge in [-0.05, 0) is 50.0 Å². The molecule has 1 heterocycles. The van der Waals surface area contributed by atoms with Crippen LogP contribution < -0.4 is 11.1 Å². The van der Waals surface area contributed by atoms with Crippen LogP contribution in [0.5, 0.6) is 0 Å². The van der Waals surface area contributed by atoms with Gasteiger partial charge in [0.25, 0.3) is 0 Å². The van der Waals surface area contributed by atoms with Gasteiger partial charge in [-0.1, -0.05) is 19.3 Å². The van der Waals surface area contributed by atoms with Gasteiger partial charge in [0.15, 0.2) is 5.13 Å². The van der Waals surface area contributed by atoms with Crippen molar-refractivity contribution in [3.63, 3.8) is 0 Å². The second-order valence-electron chi connectivity index (χ2n) is 5.25. The van der Waals surface area contributed by atoms with Gasteiger partial charge in [-0.25, -0.2) is 4.98 Å². The third-order valence-electron chi connectivity index (χ3n) is 3.64. The van der Waals surface area contributed by atoms with E-state index >= 15 is 0 Å². The van der Waals surface area contributed by atoms with Crippen LogP contribution in [0.2, 0.25) is 0 Å². The fourth-order valence-corrected chi connectivity index (χ4v) is 3.47. The summed E-state index contributed by atoms with van der Waals surface area (Å²) >= 11 is 1.17. The number of nitrogens with one attached hydrogen (secondary N) is 1. The van der Waals surface area contributed by atoms with Crippen LogP contribution in [0.3, 0.4) is 0 Å². The summed E-state index contributed by atoms with van der Waals surface area (Å²) in [5.41, 5.74) is 6.06. The Hall–Kier alpha value is -1.21. The van der Waals surface area contributed by atoms with Crippen molar-refractivity contribution < 1.29 is 4.92 Å². The molecule has 1 fully saturated rings. The molecule has 0 unspecified atom stereocenters. The molecule has 0 saturated heterocycles. The minimum absolute atomic E-state index is 0.181. The van der Waals surface area contributed by atoms with Crippen LogP contribution in [-0.2, 0) is 6.42 Å². The van der Waals surface area contributed by atoms with E-state index in [9.17, 15) is 10.1 Å². The zero-order valence-electron chi connectivity index (χ0n) is 11.6. The molecule has 0 atom stereocenters. The molecule has 20 heavy (non-hydrogen) atoms. The van der Waals surface area contributed by atoms with Crippen LogP contribution in [0.1, 0.15) is 50.6 Å². The first-order chi connectivity index (χ1) is 9.70. The summed E-state index contributed by atoms with van der Waals surface area (Å²) in [6.45, 7) is 0.616. The fourth-order valence-electron chi connectivity index (χ4n) is 2.57. The molecule has 0 radical (unpaired) electrons. The molecule has 3 N–H and O–H groups in total. The van der Waals surface area contributed by atoms with E-state index in [0.29, 0.717) is 29.8 Å². The molecule has 0 amide bonds. The van der Waals surface area contributed by atoms with Crippen LogP contribution in [0.4, 0.5) is 10.1 Å². The highest BCUT2D eigenvalue weighted by Gasteiger charge is 2.22. The molecule has 1 aromatic rings. The number of rotatable bonds is 7. The van der Waals surface area contributed by atoms with Crippen molar-refractivity contribution in [1.29, 1.82) is 0 Å². The third-order valence-corrected chi connectivity index (χ3v) is 4.62. The molecule has 6 nitrogen and oxygen atoms in total. The second-order valence-corrected chi connectivity index (χ2v) is 6.23. The molecule has 1 saturated carbocycles. The average molecular weight is 298 g/mol. The normalized spacial score (nSPS) is 16.2. The SMILES string of the molecule is NCCCCc1nc(NC2CCCCC2)sc1[N+](=O)[O-]. The highest BCUT2D eigenvalue weighted by Crippen LogP contribution is 2.33. The number of aryl methyl sites for hydroxylation is 1. The summed E-state index contributed by atoms with van der Waals surface area (Å²) in [5, 5.41) is 15.3. The maximum absolute atomic E-state index is 11.1. The van der Waals surface area contributed by atoms with Crippen LogP contribution in [0.25, 0.3) is 0 Å². The molecule has 1 aliphatic rings. The Morgan fingerprint density at radius 1 is 1.35 bits per heavy atom. The lowest BCUT2D eigenvalue weighted by molar-refractivity contribution is -0.381. The molecule has 0 aromatic carbocycles. The molecule has 0 aliphatic heterocycles. The number of nitrogens with two attached hydrogens (primary N) is 1. The van der Waals surface area contributed by atoms with Crippen LogP contribution in [-0.4, -0.2) is 22.5 Å². The smallest absolute Gasteiger partial charge is 0.348 e. The van der Waals surface area contributed by atoms with Crippen molar-refractivity contribution in [3.8, 4) is 0 Å². The Labute approximate surface area is 122 Å². The summed E-state index contributed by atoms with van der Waals surface area (Å²) in [6, 6.07) is 0.423. The molecule has 112 valence electrons. The van der Waals surface area contributed by atoms with Crippen LogP contribution in [0.15, 0.2) is 0 Å². The van der Waals surface area contributed by atoms with E-state index in [4.69, 9.17) is 5.73 Å².